The lowest BCUT2D eigenvalue weighted by atomic mass is 9.92. The molecule has 0 bridgehead atoms. The van der Waals surface area contributed by atoms with Crippen LogP contribution in [-0.2, 0) is 28.7 Å². The van der Waals surface area contributed by atoms with E-state index in [9.17, 15) is 19.2 Å². The second-order valence-electron chi connectivity index (χ2n) is 7.36. The Morgan fingerprint density at radius 2 is 1.44 bits per heavy atom. The lowest BCUT2D eigenvalue weighted by Gasteiger charge is -2.25. The van der Waals surface area contributed by atoms with E-state index in [1.807, 2.05) is 48.5 Å². The van der Waals surface area contributed by atoms with Crippen LogP contribution in [-0.4, -0.2) is 43.0 Å². The molecule has 0 unspecified atom stereocenters. The molecule has 0 heterocycles. The van der Waals surface area contributed by atoms with Crippen LogP contribution in [0.2, 0.25) is 0 Å². The van der Waals surface area contributed by atoms with Gasteiger partial charge in [0.15, 0.2) is 0 Å². The largest absolute Gasteiger partial charge is 0.466 e. The van der Waals surface area contributed by atoms with E-state index in [-0.39, 0.29) is 13.2 Å². The third-order valence-electron chi connectivity index (χ3n) is 5.38. The van der Waals surface area contributed by atoms with Crippen LogP contribution in [0.1, 0.15) is 37.3 Å². The maximum atomic E-state index is 13.4. The van der Waals surface area contributed by atoms with Gasteiger partial charge in [0.25, 0.3) is 0 Å². The van der Waals surface area contributed by atoms with Crippen LogP contribution in [0.4, 0.5) is 0 Å². The quantitative estimate of drug-likeness (QED) is 0.576. The number of esters is 2. The second kappa shape index (κ2) is 10.1. The smallest absolute Gasteiger partial charge is 0.312 e. The van der Waals surface area contributed by atoms with Gasteiger partial charge >= 0.3 is 11.9 Å². The van der Waals surface area contributed by atoms with Crippen LogP contribution in [0.25, 0.3) is 11.1 Å². The molecule has 8 heteroatoms. The van der Waals surface area contributed by atoms with Crippen molar-refractivity contribution in [2.75, 3.05) is 13.2 Å². The summed E-state index contributed by atoms with van der Waals surface area (Å²) in [6, 6.07) is 13.5. The third-order valence-corrected chi connectivity index (χ3v) is 5.38. The van der Waals surface area contributed by atoms with Gasteiger partial charge < -0.3 is 20.5 Å². The van der Waals surface area contributed by atoms with Gasteiger partial charge in [-0.2, -0.15) is 0 Å². The zero-order chi connectivity index (χ0) is 23.3. The number of carbonyl (C=O) groups excluding carboxylic acids is 4. The summed E-state index contributed by atoms with van der Waals surface area (Å²) >= 11 is 0. The van der Waals surface area contributed by atoms with Gasteiger partial charge in [-0.15, -0.1) is 0 Å². The summed E-state index contributed by atoms with van der Waals surface area (Å²) in [5.41, 5.74) is 8.96. The fraction of sp³-hybridized carbons (Fsp3) is 0.333. The van der Waals surface area contributed by atoms with Crippen molar-refractivity contribution in [2.45, 2.75) is 32.2 Å². The van der Waals surface area contributed by atoms with Crippen LogP contribution >= 0.6 is 0 Å². The van der Waals surface area contributed by atoms with Crippen LogP contribution in [0.15, 0.2) is 48.5 Å². The molecule has 0 saturated heterocycles. The van der Waals surface area contributed by atoms with Crippen molar-refractivity contribution < 1.29 is 28.7 Å². The summed E-state index contributed by atoms with van der Waals surface area (Å²) in [7, 11) is 0. The first-order chi connectivity index (χ1) is 15.4. The number of amides is 2. The van der Waals surface area contributed by atoms with E-state index in [4.69, 9.17) is 15.2 Å². The lowest BCUT2D eigenvalue weighted by Crippen LogP contribution is -2.53. The highest BCUT2D eigenvalue weighted by molar-refractivity contribution is 5.99. The molecule has 0 saturated carbocycles. The molecule has 1 aliphatic carbocycles. The molecular formula is C24H26N2O6. The number of hydrogen-bond acceptors (Lipinski definition) is 6. The normalized spacial score (nSPS) is 13.9. The van der Waals surface area contributed by atoms with Gasteiger partial charge in [0, 0.05) is 0 Å². The molecule has 3 N–H and O–H groups in total. The second-order valence-corrected chi connectivity index (χ2v) is 7.36. The molecule has 2 atom stereocenters. The first-order valence-corrected chi connectivity index (χ1v) is 10.5. The number of rotatable bonds is 9. The van der Waals surface area contributed by atoms with Crippen molar-refractivity contribution >= 4 is 23.8 Å². The molecule has 0 spiro atoms. The summed E-state index contributed by atoms with van der Waals surface area (Å²) in [4.78, 5) is 50.3. The van der Waals surface area contributed by atoms with Gasteiger partial charge in [-0.05, 0) is 36.1 Å². The molecule has 168 valence electrons. The van der Waals surface area contributed by atoms with Crippen LogP contribution in [0, 0.1) is 5.92 Å². The molecule has 2 aromatic carbocycles. The summed E-state index contributed by atoms with van der Waals surface area (Å²) in [6.45, 7) is 3.38. The Labute approximate surface area is 186 Å². The zero-order valence-electron chi connectivity index (χ0n) is 18.0. The number of fused-ring (bicyclic) bond motifs is 3. The number of benzene rings is 2. The van der Waals surface area contributed by atoms with Crippen LogP contribution in [0.5, 0.6) is 0 Å². The number of ether oxygens (including phenoxy) is 2. The standard InChI is InChI=1S/C24H26N2O6/c1-3-31-19(27)13-18(24(30)32-4-2)21(22(25)28)26-23(29)20-16-11-7-5-9-14(16)15-10-6-8-12-17(15)20/h5-12,18,20-21H,3-4,13H2,1-2H3,(H2,25,28)(H,26,29)/t18-,21-/m1/s1. The molecule has 2 amide bonds. The molecule has 1 aliphatic rings. The van der Waals surface area contributed by atoms with E-state index < -0.39 is 48.1 Å². The highest BCUT2D eigenvalue weighted by Crippen LogP contribution is 2.44. The number of primary amides is 1. The van der Waals surface area contributed by atoms with E-state index >= 15 is 0 Å². The SMILES string of the molecule is CCOC(=O)C[C@@H](C(=O)OCC)[C@@H](NC(=O)C1c2ccccc2-c2ccccc21)C(N)=O. The minimum atomic E-state index is -1.44. The summed E-state index contributed by atoms with van der Waals surface area (Å²) in [5, 5.41) is 2.60. The minimum absolute atomic E-state index is 0.0426. The highest BCUT2D eigenvalue weighted by atomic mass is 16.5. The Morgan fingerprint density at radius 3 is 1.94 bits per heavy atom. The molecule has 32 heavy (non-hydrogen) atoms. The van der Waals surface area contributed by atoms with Crippen LogP contribution in [0.3, 0.4) is 0 Å². The summed E-state index contributed by atoms with van der Waals surface area (Å²) in [5.74, 6) is -4.93. The molecule has 0 fully saturated rings. The van der Waals surface area contributed by atoms with Crippen molar-refractivity contribution in [2.24, 2.45) is 11.7 Å². The summed E-state index contributed by atoms with van der Waals surface area (Å²) in [6.07, 6.45) is -0.446. The minimum Gasteiger partial charge on any atom is -0.466 e. The Morgan fingerprint density at radius 1 is 0.906 bits per heavy atom. The Balaban J connectivity index is 1.92. The van der Waals surface area contributed by atoms with Gasteiger partial charge in [-0.3, -0.25) is 19.2 Å². The van der Waals surface area contributed by atoms with Crippen molar-refractivity contribution in [3.8, 4) is 11.1 Å². The first kappa shape index (κ1) is 23.0. The van der Waals surface area contributed by atoms with Crippen LogP contribution < -0.4 is 11.1 Å². The average Bonchev–Trinajstić information content (AvgIpc) is 3.11. The number of nitrogens with two attached hydrogens (primary N) is 1. The third kappa shape index (κ3) is 4.64. The molecule has 2 aromatic rings. The van der Waals surface area contributed by atoms with Gasteiger partial charge in [0.05, 0.1) is 31.5 Å². The topological polar surface area (TPSA) is 125 Å². The molecule has 0 aliphatic heterocycles. The maximum Gasteiger partial charge on any atom is 0.312 e. The Kier molecular flexibility index (Phi) is 7.25. The molecule has 0 aromatic heterocycles. The van der Waals surface area contributed by atoms with E-state index in [0.29, 0.717) is 0 Å². The maximum absolute atomic E-state index is 13.4. The highest BCUT2D eigenvalue weighted by Gasteiger charge is 2.40. The average molecular weight is 438 g/mol. The van der Waals surface area contributed by atoms with E-state index in [2.05, 4.69) is 5.32 Å². The fourth-order valence-corrected chi connectivity index (χ4v) is 4.03. The fourth-order valence-electron chi connectivity index (χ4n) is 4.03. The molecule has 3 rings (SSSR count). The van der Waals surface area contributed by atoms with E-state index in [0.717, 1.165) is 22.3 Å². The first-order valence-electron chi connectivity index (χ1n) is 10.5. The van der Waals surface area contributed by atoms with Gasteiger partial charge in [-0.25, -0.2) is 0 Å². The Bertz CT molecular complexity index is 989. The van der Waals surface area contributed by atoms with Gasteiger partial charge in [0.1, 0.15) is 6.04 Å². The molecule has 0 radical (unpaired) electrons. The molecular weight excluding hydrogens is 412 g/mol. The van der Waals surface area contributed by atoms with Crippen molar-refractivity contribution in [3.05, 3.63) is 59.7 Å². The van der Waals surface area contributed by atoms with Crippen molar-refractivity contribution in [1.82, 2.24) is 5.32 Å². The predicted molar refractivity (Wildman–Crippen MR) is 116 cm³/mol. The Hall–Kier alpha value is -3.68. The van der Waals surface area contributed by atoms with E-state index in [1.165, 1.54) is 0 Å². The predicted octanol–water partition coefficient (Wildman–Crippen LogP) is 1.90. The van der Waals surface area contributed by atoms with Gasteiger partial charge in [-0.1, -0.05) is 48.5 Å². The van der Waals surface area contributed by atoms with Crippen molar-refractivity contribution in [3.63, 3.8) is 0 Å². The zero-order valence-corrected chi connectivity index (χ0v) is 18.0. The number of carbonyl (C=O) groups is 4. The van der Waals surface area contributed by atoms with E-state index in [1.54, 1.807) is 13.8 Å². The number of nitrogens with one attached hydrogen (secondary N) is 1. The van der Waals surface area contributed by atoms with Crippen molar-refractivity contribution in [1.29, 1.82) is 0 Å². The summed E-state index contributed by atoms with van der Waals surface area (Å²) < 4.78 is 9.94. The van der Waals surface area contributed by atoms with Gasteiger partial charge in [0.2, 0.25) is 11.8 Å². The molecule has 8 nitrogen and oxygen atoms in total. The lowest BCUT2D eigenvalue weighted by molar-refractivity contribution is -0.157. The monoisotopic (exact) mass is 438 g/mol. The number of hydrogen-bond donors (Lipinski definition) is 2.